The van der Waals surface area contributed by atoms with E-state index in [-0.39, 0.29) is 16.9 Å². The zero-order valence-corrected chi connectivity index (χ0v) is 20.2. The highest BCUT2D eigenvalue weighted by Crippen LogP contribution is 2.29. The lowest BCUT2D eigenvalue weighted by Gasteiger charge is -2.15. The van der Waals surface area contributed by atoms with Crippen molar-refractivity contribution in [3.63, 3.8) is 0 Å². The maximum absolute atomic E-state index is 13.0. The standard InChI is InChI=1S/C24H21F2N3O3S2/c1-12-14(3)33-22-19(12)21(30)28-20(29-22)13(2)32-23(31)17-6-4-5-7-18(17)27-15-8-10-16(11-9-15)34-24(25)26/h4-11,13,24,27H,1-3H3,(H,28,29,30)/t13-/m1/s1. The minimum absolute atomic E-state index is 0.264. The molecule has 34 heavy (non-hydrogen) atoms. The molecule has 0 radical (unpaired) electrons. The van der Waals surface area contributed by atoms with E-state index in [4.69, 9.17) is 4.74 Å². The Morgan fingerprint density at radius 3 is 2.56 bits per heavy atom. The minimum atomic E-state index is -2.49. The quantitative estimate of drug-likeness (QED) is 0.220. The third-order valence-electron chi connectivity index (χ3n) is 5.23. The van der Waals surface area contributed by atoms with Crippen LogP contribution in [0.25, 0.3) is 10.2 Å². The summed E-state index contributed by atoms with van der Waals surface area (Å²) in [6.07, 6.45) is -0.786. The molecule has 0 spiro atoms. The number of aryl methyl sites for hydroxylation is 2. The summed E-state index contributed by atoms with van der Waals surface area (Å²) in [4.78, 5) is 34.8. The molecule has 0 aliphatic carbocycles. The van der Waals surface area contributed by atoms with Gasteiger partial charge in [-0.25, -0.2) is 9.78 Å². The Morgan fingerprint density at radius 2 is 1.85 bits per heavy atom. The molecule has 6 nitrogen and oxygen atoms in total. The number of halogens is 2. The molecule has 2 aromatic heterocycles. The van der Waals surface area contributed by atoms with Gasteiger partial charge in [0.25, 0.3) is 11.3 Å². The summed E-state index contributed by atoms with van der Waals surface area (Å²) in [6.45, 7) is 5.45. The number of ether oxygens (including phenoxy) is 1. The lowest BCUT2D eigenvalue weighted by atomic mass is 10.1. The molecule has 4 rings (SSSR count). The van der Waals surface area contributed by atoms with Crippen LogP contribution in [0.2, 0.25) is 0 Å². The van der Waals surface area contributed by atoms with E-state index >= 15 is 0 Å². The largest absolute Gasteiger partial charge is 0.451 e. The average Bonchev–Trinajstić information content (AvgIpc) is 3.08. The number of aromatic nitrogens is 2. The fourth-order valence-corrected chi connectivity index (χ4v) is 4.93. The van der Waals surface area contributed by atoms with Crippen LogP contribution in [0.5, 0.6) is 0 Å². The van der Waals surface area contributed by atoms with Gasteiger partial charge in [0, 0.05) is 15.5 Å². The molecule has 2 aromatic carbocycles. The van der Waals surface area contributed by atoms with Gasteiger partial charge in [-0.3, -0.25) is 4.79 Å². The summed E-state index contributed by atoms with van der Waals surface area (Å²) in [5.41, 5.74) is 2.04. The van der Waals surface area contributed by atoms with Crippen molar-refractivity contribution < 1.29 is 18.3 Å². The van der Waals surface area contributed by atoms with Crippen LogP contribution in [-0.4, -0.2) is 21.7 Å². The van der Waals surface area contributed by atoms with Gasteiger partial charge in [-0.2, -0.15) is 8.78 Å². The molecule has 0 saturated heterocycles. The van der Waals surface area contributed by atoms with Crippen LogP contribution in [0.15, 0.2) is 58.2 Å². The number of rotatable bonds is 7. The zero-order chi connectivity index (χ0) is 24.4. The molecule has 2 heterocycles. The smallest absolute Gasteiger partial charge is 0.340 e. The van der Waals surface area contributed by atoms with Crippen molar-refractivity contribution >= 4 is 50.7 Å². The predicted octanol–water partition coefficient (Wildman–Crippen LogP) is 6.58. The van der Waals surface area contributed by atoms with E-state index < -0.39 is 17.8 Å². The molecule has 0 unspecified atom stereocenters. The number of anilines is 2. The molecule has 0 fully saturated rings. The van der Waals surface area contributed by atoms with Crippen LogP contribution in [-0.2, 0) is 4.74 Å². The first kappa shape index (κ1) is 23.9. The van der Waals surface area contributed by atoms with Crippen molar-refractivity contribution in [1.82, 2.24) is 9.97 Å². The third-order valence-corrected chi connectivity index (χ3v) is 7.06. The van der Waals surface area contributed by atoms with E-state index in [0.29, 0.717) is 38.2 Å². The molecule has 2 N–H and O–H groups in total. The molecule has 1 atom stereocenters. The number of aromatic amines is 1. The number of hydrogen-bond donors (Lipinski definition) is 2. The Kier molecular flexibility index (Phi) is 6.99. The van der Waals surface area contributed by atoms with Crippen LogP contribution in [0.4, 0.5) is 20.2 Å². The summed E-state index contributed by atoms with van der Waals surface area (Å²) in [5.74, 6) is -2.82. The Hall–Kier alpha value is -3.24. The monoisotopic (exact) mass is 501 g/mol. The minimum Gasteiger partial charge on any atom is -0.451 e. The summed E-state index contributed by atoms with van der Waals surface area (Å²) in [6, 6.07) is 13.3. The number of nitrogens with zero attached hydrogens (tertiary/aromatic N) is 1. The number of nitrogens with one attached hydrogen (secondary N) is 2. The number of carbonyl (C=O) groups excluding carboxylic acids is 1. The molecule has 10 heteroatoms. The van der Waals surface area contributed by atoms with E-state index in [2.05, 4.69) is 15.3 Å². The van der Waals surface area contributed by atoms with Gasteiger partial charge in [0.15, 0.2) is 11.9 Å². The van der Waals surface area contributed by atoms with Gasteiger partial charge in [-0.15, -0.1) is 11.3 Å². The van der Waals surface area contributed by atoms with E-state index in [0.717, 1.165) is 10.4 Å². The topological polar surface area (TPSA) is 84.1 Å². The Balaban J connectivity index is 1.53. The fraction of sp³-hybridized carbons (Fsp3) is 0.208. The molecule has 0 bridgehead atoms. The molecular weight excluding hydrogens is 480 g/mol. The van der Waals surface area contributed by atoms with Crippen LogP contribution >= 0.6 is 23.1 Å². The molecule has 176 valence electrons. The average molecular weight is 502 g/mol. The van der Waals surface area contributed by atoms with Crippen LogP contribution in [0.3, 0.4) is 0 Å². The van der Waals surface area contributed by atoms with E-state index in [9.17, 15) is 18.4 Å². The third kappa shape index (κ3) is 5.13. The van der Waals surface area contributed by atoms with Gasteiger partial charge in [0.1, 0.15) is 4.83 Å². The molecule has 0 saturated carbocycles. The summed E-state index contributed by atoms with van der Waals surface area (Å²) >= 11 is 1.89. The number of benzene rings is 2. The van der Waals surface area contributed by atoms with Crippen molar-refractivity contribution in [3.05, 3.63) is 80.7 Å². The van der Waals surface area contributed by atoms with Crippen molar-refractivity contribution in [3.8, 4) is 0 Å². The highest BCUT2D eigenvalue weighted by atomic mass is 32.2. The number of thioether (sulfide) groups is 1. The summed E-state index contributed by atoms with van der Waals surface area (Å²) in [7, 11) is 0. The van der Waals surface area contributed by atoms with Gasteiger partial charge in [0.2, 0.25) is 0 Å². The van der Waals surface area contributed by atoms with Crippen LogP contribution in [0.1, 0.15) is 39.7 Å². The second kappa shape index (κ2) is 9.94. The second-order valence-corrected chi connectivity index (χ2v) is 9.80. The van der Waals surface area contributed by atoms with Gasteiger partial charge >= 0.3 is 5.97 Å². The molecule has 0 aliphatic rings. The van der Waals surface area contributed by atoms with Gasteiger partial charge in [-0.05, 0) is 62.7 Å². The highest BCUT2D eigenvalue weighted by Gasteiger charge is 2.20. The Bertz CT molecular complexity index is 1400. The molecule has 0 aliphatic heterocycles. The van der Waals surface area contributed by atoms with Gasteiger partial charge in [-0.1, -0.05) is 23.9 Å². The van der Waals surface area contributed by atoms with Crippen molar-refractivity contribution in [2.45, 2.75) is 37.5 Å². The van der Waals surface area contributed by atoms with E-state index in [1.165, 1.54) is 11.3 Å². The van der Waals surface area contributed by atoms with E-state index in [1.807, 2.05) is 13.8 Å². The summed E-state index contributed by atoms with van der Waals surface area (Å²) in [5, 5.41) is 3.67. The van der Waals surface area contributed by atoms with Crippen molar-refractivity contribution in [2.24, 2.45) is 0 Å². The number of para-hydroxylation sites is 1. The van der Waals surface area contributed by atoms with Gasteiger partial charge in [0.05, 0.1) is 16.6 Å². The molecule has 0 amide bonds. The number of esters is 1. The van der Waals surface area contributed by atoms with Crippen molar-refractivity contribution in [1.29, 1.82) is 0 Å². The fourth-order valence-electron chi connectivity index (χ4n) is 3.39. The Labute approximate surface area is 202 Å². The number of thiophene rings is 1. The second-order valence-electron chi connectivity index (χ2n) is 7.54. The summed E-state index contributed by atoms with van der Waals surface area (Å²) < 4.78 is 30.7. The normalized spacial score (nSPS) is 12.2. The number of hydrogen-bond acceptors (Lipinski definition) is 7. The number of alkyl halides is 2. The number of carbonyl (C=O) groups is 1. The number of H-pyrrole nitrogens is 1. The first-order chi connectivity index (χ1) is 16.2. The molecule has 4 aromatic rings. The van der Waals surface area contributed by atoms with Crippen molar-refractivity contribution in [2.75, 3.05) is 5.32 Å². The maximum atomic E-state index is 13.0. The number of fused-ring (bicyclic) bond motifs is 1. The van der Waals surface area contributed by atoms with E-state index in [1.54, 1.807) is 55.5 Å². The lowest BCUT2D eigenvalue weighted by Crippen LogP contribution is -2.17. The zero-order valence-electron chi connectivity index (χ0n) is 18.5. The highest BCUT2D eigenvalue weighted by molar-refractivity contribution is 7.99. The maximum Gasteiger partial charge on any atom is 0.340 e. The van der Waals surface area contributed by atoms with Crippen LogP contribution in [0, 0.1) is 13.8 Å². The first-order valence-electron chi connectivity index (χ1n) is 10.3. The SMILES string of the molecule is Cc1sc2nc([C@@H](C)OC(=O)c3ccccc3Nc3ccc(SC(F)F)cc3)[nH]c(=O)c2c1C. The first-order valence-corrected chi connectivity index (χ1v) is 12.0. The lowest BCUT2D eigenvalue weighted by molar-refractivity contribution is 0.0321. The predicted molar refractivity (Wildman–Crippen MR) is 132 cm³/mol. The molecular formula is C24H21F2N3O3S2. The van der Waals surface area contributed by atoms with Crippen LogP contribution < -0.4 is 10.9 Å². The Morgan fingerprint density at radius 1 is 1.15 bits per heavy atom. The van der Waals surface area contributed by atoms with Gasteiger partial charge < -0.3 is 15.0 Å².